The fourth-order valence-electron chi connectivity index (χ4n) is 1.95. The standard InChI is InChI=1S/C15H14FN3/c1-19(15-5-3-2-4-13(15)16)14-7-6-11(9-17)8-12(14)10-18/h2-8H,9,17H2,1H3. The van der Waals surface area contributed by atoms with E-state index in [0.717, 1.165) is 5.56 Å². The number of nitriles is 1. The SMILES string of the molecule is CN(c1ccccc1F)c1ccc(CN)cc1C#N. The van der Waals surface area contributed by atoms with Crippen LogP contribution in [0.15, 0.2) is 42.5 Å². The van der Waals surface area contributed by atoms with E-state index in [0.29, 0.717) is 23.5 Å². The van der Waals surface area contributed by atoms with Gasteiger partial charge in [0.05, 0.1) is 16.9 Å². The number of halogens is 1. The van der Waals surface area contributed by atoms with E-state index in [9.17, 15) is 9.65 Å². The molecule has 0 aromatic heterocycles. The minimum absolute atomic E-state index is 0.322. The third kappa shape index (κ3) is 2.56. The zero-order valence-electron chi connectivity index (χ0n) is 10.6. The second kappa shape index (κ2) is 5.51. The molecule has 2 rings (SSSR count). The van der Waals surface area contributed by atoms with Crippen molar-refractivity contribution in [1.29, 1.82) is 5.26 Å². The maximum Gasteiger partial charge on any atom is 0.146 e. The monoisotopic (exact) mass is 255 g/mol. The molecule has 0 heterocycles. The van der Waals surface area contributed by atoms with Gasteiger partial charge in [-0.1, -0.05) is 18.2 Å². The van der Waals surface area contributed by atoms with Crippen LogP contribution in [0.1, 0.15) is 11.1 Å². The maximum absolute atomic E-state index is 13.8. The third-order valence-corrected chi connectivity index (χ3v) is 2.99. The number of para-hydroxylation sites is 1. The highest BCUT2D eigenvalue weighted by molar-refractivity contribution is 5.69. The second-order valence-corrected chi connectivity index (χ2v) is 4.18. The van der Waals surface area contributed by atoms with Gasteiger partial charge in [0.1, 0.15) is 11.9 Å². The van der Waals surface area contributed by atoms with Gasteiger partial charge in [-0.2, -0.15) is 5.26 Å². The Morgan fingerprint density at radius 1 is 1.21 bits per heavy atom. The average molecular weight is 255 g/mol. The van der Waals surface area contributed by atoms with E-state index < -0.39 is 0 Å². The first-order chi connectivity index (χ1) is 9.17. The summed E-state index contributed by atoms with van der Waals surface area (Å²) < 4.78 is 13.8. The van der Waals surface area contributed by atoms with Crippen LogP contribution < -0.4 is 10.6 Å². The maximum atomic E-state index is 13.8. The number of benzene rings is 2. The van der Waals surface area contributed by atoms with Crippen LogP contribution in [0.4, 0.5) is 15.8 Å². The number of rotatable bonds is 3. The fourth-order valence-corrected chi connectivity index (χ4v) is 1.95. The van der Waals surface area contributed by atoms with Crippen LogP contribution >= 0.6 is 0 Å². The molecule has 0 saturated carbocycles. The molecule has 0 atom stereocenters. The molecular formula is C15H14FN3. The second-order valence-electron chi connectivity index (χ2n) is 4.18. The summed E-state index contributed by atoms with van der Waals surface area (Å²) >= 11 is 0. The van der Waals surface area contributed by atoms with Crippen LogP contribution in [0.25, 0.3) is 0 Å². The summed E-state index contributed by atoms with van der Waals surface area (Å²) in [5.41, 5.74) is 8.00. The lowest BCUT2D eigenvalue weighted by Gasteiger charge is -2.21. The van der Waals surface area contributed by atoms with E-state index in [2.05, 4.69) is 6.07 Å². The highest BCUT2D eigenvalue weighted by Gasteiger charge is 2.12. The Labute approximate surface area is 111 Å². The number of hydrogen-bond donors (Lipinski definition) is 1. The lowest BCUT2D eigenvalue weighted by molar-refractivity contribution is 0.627. The summed E-state index contributed by atoms with van der Waals surface area (Å²) in [5, 5.41) is 9.19. The first-order valence-corrected chi connectivity index (χ1v) is 5.88. The van der Waals surface area contributed by atoms with Crippen LogP contribution in [0, 0.1) is 17.1 Å². The summed E-state index contributed by atoms with van der Waals surface area (Å²) in [7, 11) is 1.73. The van der Waals surface area contributed by atoms with Crippen molar-refractivity contribution in [2.24, 2.45) is 5.73 Å². The summed E-state index contributed by atoms with van der Waals surface area (Å²) in [6.07, 6.45) is 0. The molecule has 2 aromatic carbocycles. The Morgan fingerprint density at radius 3 is 2.58 bits per heavy atom. The van der Waals surface area contributed by atoms with Gasteiger partial charge in [0.25, 0.3) is 0 Å². The zero-order chi connectivity index (χ0) is 13.8. The van der Waals surface area contributed by atoms with Gasteiger partial charge in [-0.3, -0.25) is 0 Å². The van der Waals surface area contributed by atoms with Gasteiger partial charge in [-0.15, -0.1) is 0 Å². The first kappa shape index (κ1) is 13.1. The smallest absolute Gasteiger partial charge is 0.146 e. The van der Waals surface area contributed by atoms with Crippen LogP contribution in [-0.4, -0.2) is 7.05 Å². The van der Waals surface area contributed by atoms with Crippen molar-refractivity contribution in [3.8, 4) is 6.07 Å². The van der Waals surface area contributed by atoms with Gasteiger partial charge >= 0.3 is 0 Å². The molecule has 2 N–H and O–H groups in total. The Balaban J connectivity index is 2.48. The quantitative estimate of drug-likeness (QED) is 0.917. The lowest BCUT2D eigenvalue weighted by Crippen LogP contribution is -2.13. The van der Waals surface area contributed by atoms with Gasteiger partial charge in [-0.05, 0) is 29.8 Å². The first-order valence-electron chi connectivity index (χ1n) is 5.88. The zero-order valence-corrected chi connectivity index (χ0v) is 10.6. The summed E-state index contributed by atoms with van der Waals surface area (Å²) in [4.78, 5) is 1.66. The molecule has 0 bridgehead atoms. The molecular weight excluding hydrogens is 241 g/mol. The van der Waals surface area contributed by atoms with Crippen LogP contribution in [0.5, 0.6) is 0 Å². The van der Waals surface area contributed by atoms with Crippen LogP contribution in [0.3, 0.4) is 0 Å². The Hall–Kier alpha value is -2.38. The van der Waals surface area contributed by atoms with Gasteiger partial charge in [0.15, 0.2) is 0 Å². The van der Waals surface area contributed by atoms with Crippen molar-refractivity contribution in [3.63, 3.8) is 0 Å². The van der Waals surface area contributed by atoms with E-state index in [1.54, 1.807) is 42.3 Å². The molecule has 19 heavy (non-hydrogen) atoms. The highest BCUT2D eigenvalue weighted by atomic mass is 19.1. The van der Waals surface area contributed by atoms with Crippen molar-refractivity contribution >= 4 is 11.4 Å². The largest absolute Gasteiger partial charge is 0.341 e. The summed E-state index contributed by atoms with van der Waals surface area (Å²) in [6.45, 7) is 0.373. The molecule has 0 amide bonds. The Kier molecular flexibility index (Phi) is 3.79. The number of nitrogens with zero attached hydrogens (tertiary/aromatic N) is 2. The van der Waals surface area contributed by atoms with E-state index in [1.165, 1.54) is 6.07 Å². The molecule has 0 aliphatic rings. The average Bonchev–Trinajstić information content (AvgIpc) is 2.46. The molecule has 3 nitrogen and oxygen atoms in total. The predicted molar refractivity (Wildman–Crippen MR) is 73.5 cm³/mol. The van der Waals surface area contributed by atoms with Crippen molar-refractivity contribution in [3.05, 3.63) is 59.4 Å². The van der Waals surface area contributed by atoms with Crippen molar-refractivity contribution in [1.82, 2.24) is 0 Å². The fraction of sp³-hybridized carbons (Fsp3) is 0.133. The molecule has 0 spiro atoms. The van der Waals surface area contributed by atoms with Gasteiger partial charge in [0, 0.05) is 13.6 Å². The summed E-state index contributed by atoms with van der Waals surface area (Å²) in [6, 6.07) is 13.9. The highest BCUT2D eigenvalue weighted by Crippen LogP contribution is 2.29. The molecule has 0 fully saturated rings. The van der Waals surface area contributed by atoms with Gasteiger partial charge in [-0.25, -0.2) is 4.39 Å². The lowest BCUT2D eigenvalue weighted by atomic mass is 10.1. The van der Waals surface area contributed by atoms with Crippen molar-refractivity contribution in [2.75, 3.05) is 11.9 Å². The molecule has 2 aromatic rings. The van der Waals surface area contributed by atoms with Gasteiger partial charge in [0.2, 0.25) is 0 Å². The summed E-state index contributed by atoms with van der Waals surface area (Å²) in [5.74, 6) is -0.322. The van der Waals surface area contributed by atoms with Crippen molar-refractivity contribution in [2.45, 2.75) is 6.54 Å². The molecule has 96 valence electrons. The van der Waals surface area contributed by atoms with E-state index in [4.69, 9.17) is 5.73 Å². The molecule has 4 heteroatoms. The third-order valence-electron chi connectivity index (χ3n) is 2.99. The Morgan fingerprint density at radius 2 is 1.95 bits per heavy atom. The molecule has 0 aliphatic heterocycles. The minimum atomic E-state index is -0.322. The van der Waals surface area contributed by atoms with E-state index >= 15 is 0 Å². The Bertz CT molecular complexity index is 632. The van der Waals surface area contributed by atoms with Crippen LogP contribution in [-0.2, 0) is 6.54 Å². The van der Waals surface area contributed by atoms with E-state index in [1.807, 2.05) is 6.07 Å². The van der Waals surface area contributed by atoms with Crippen LogP contribution in [0.2, 0.25) is 0 Å². The minimum Gasteiger partial charge on any atom is -0.341 e. The number of hydrogen-bond acceptors (Lipinski definition) is 3. The normalized spacial score (nSPS) is 10.0. The number of anilines is 2. The predicted octanol–water partition coefficient (Wildman–Crippen LogP) is 2.92. The van der Waals surface area contributed by atoms with Gasteiger partial charge < -0.3 is 10.6 Å². The van der Waals surface area contributed by atoms with E-state index in [-0.39, 0.29) is 5.82 Å². The topological polar surface area (TPSA) is 53.0 Å². The molecule has 0 aliphatic carbocycles. The van der Waals surface area contributed by atoms with Crippen molar-refractivity contribution < 1.29 is 4.39 Å². The molecule has 0 radical (unpaired) electrons. The molecule has 0 unspecified atom stereocenters. The molecule has 0 saturated heterocycles. The number of nitrogens with two attached hydrogens (primary N) is 1.